The van der Waals surface area contributed by atoms with Crippen molar-refractivity contribution in [2.24, 2.45) is 0 Å². The number of rotatable bonds is 2. The van der Waals surface area contributed by atoms with E-state index in [2.05, 4.69) is 0 Å². The number of aromatic hydroxyl groups is 1. The van der Waals surface area contributed by atoms with E-state index >= 15 is 0 Å². The fourth-order valence-corrected chi connectivity index (χ4v) is 0.832. The molecule has 0 fully saturated rings. The molecule has 12 heavy (non-hydrogen) atoms. The maximum absolute atomic E-state index is 9.14. The first-order valence-electron chi connectivity index (χ1n) is 3.28. The van der Waals surface area contributed by atoms with Gasteiger partial charge in [-0.3, -0.25) is 0 Å². The summed E-state index contributed by atoms with van der Waals surface area (Å²) in [4.78, 5) is 0. The van der Waals surface area contributed by atoms with Crippen molar-refractivity contribution in [3.8, 4) is 11.5 Å². The molecule has 0 saturated carbocycles. The Hall–Kier alpha value is -0.220. The quantitative estimate of drug-likeness (QED) is 0.583. The SMILES string of the molecule is COc1cc(C[NH-])ccc1O.[Na+]. The van der Waals surface area contributed by atoms with E-state index in [1.807, 2.05) is 0 Å². The molecule has 4 heteroatoms. The van der Waals surface area contributed by atoms with Gasteiger partial charge in [-0.15, -0.1) is 6.54 Å². The molecule has 0 aliphatic heterocycles. The summed E-state index contributed by atoms with van der Waals surface area (Å²) in [7, 11) is 1.49. The number of hydrogen-bond donors (Lipinski definition) is 1. The predicted octanol–water partition coefficient (Wildman–Crippen LogP) is -1.04. The van der Waals surface area contributed by atoms with Crippen molar-refractivity contribution in [3.05, 3.63) is 29.5 Å². The molecule has 1 aromatic rings. The predicted molar refractivity (Wildman–Crippen MR) is 42.7 cm³/mol. The number of benzene rings is 1. The van der Waals surface area contributed by atoms with Crippen LogP contribution in [0.5, 0.6) is 11.5 Å². The molecule has 60 valence electrons. The van der Waals surface area contributed by atoms with Crippen LogP contribution in [0.15, 0.2) is 18.2 Å². The standard InChI is InChI=1S/C8H10NO2.Na/c1-11-8-4-6(5-9)2-3-7(8)10;/h2-4,9-10H,5H2,1H3;/q-1;+1. The molecule has 0 spiro atoms. The molecule has 0 atom stereocenters. The summed E-state index contributed by atoms with van der Waals surface area (Å²) in [6, 6.07) is 4.88. The average Bonchev–Trinajstić information content (AvgIpc) is 2.05. The molecule has 0 bridgehead atoms. The van der Waals surface area contributed by atoms with Crippen molar-refractivity contribution in [2.75, 3.05) is 7.11 Å². The van der Waals surface area contributed by atoms with E-state index in [0.717, 1.165) is 5.56 Å². The zero-order chi connectivity index (χ0) is 8.27. The molecule has 0 aromatic heterocycles. The van der Waals surface area contributed by atoms with E-state index in [0.29, 0.717) is 5.75 Å². The Morgan fingerprint density at radius 3 is 2.67 bits per heavy atom. The molecule has 1 rings (SSSR count). The van der Waals surface area contributed by atoms with Gasteiger partial charge in [0.25, 0.3) is 0 Å². The minimum Gasteiger partial charge on any atom is -0.674 e. The fraction of sp³-hybridized carbons (Fsp3) is 0.250. The van der Waals surface area contributed by atoms with E-state index in [4.69, 9.17) is 15.6 Å². The third kappa shape index (κ3) is 2.68. The van der Waals surface area contributed by atoms with Crippen LogP contribution in [0, 0.1) is 0 Å². The second-order valence-corrected chi connectivity index (χ2v) is 2.18. The third-order valence-corrected chi connectivity index (χ3v) is 1.45. The number of phenolic OH excluding ortho intramolecular Hbond substituents is 1. The maximum Gasteiger partial charge on any atom is 1.00 e. The first-order chi connectivity index (χ1) is 5.27. The molecule has 0 amide bonds. The van der Waals surface area contributed by atoms with Gasteiger partial charge in [0.2, 0.25) is 0 Å². The first kappa shape index (κ1) is 11.8. The van der Waals surface area contributed by atoms with E-state index in [9.17, 15) is 0 Å². The molecule has 0 radical (unpaired) electrons. The molecule has 0 unspecified atom stereocenters. The third-order valence-electron chi connectivity index (χ3n) is 1.45. The van der Waals surface area contributed by atoms with E-state index in [1.165, 1.54) is 13.2 Å². The number of phenols is 1. The van der Waals surface area contributed by atoms with Gasteiger partial charge in [0.05, 0.1) is 7.11 Å². The molecule has 1 aromatic carbocycles. The molecule has 0 aliphatic carbocycles. The molecular formula is C8H10NNaO2. The second-order valence-electron chi connectivity index (χ2n) is 2.18. The van der Waals surface area contributed by atoms with Crippen LogP contribution in [-0.4, -0.2) is 12.2 Å². The molecule has 3 nitrogen and oxygen atoms in total. The summed E-state index contributed by atoms with van der Waals surface area (Å²) >= 11 is 0. The maximum atomic E-state index is 9.14. The molecule has 0 aliphatic rings. The van der Waals surface area contributed by atoms with Crippen molar-refractivity contribution in [1.29, 1.82) is 0 Å². The van der Waals surface area contributed by atoms with Crippen molar-refractivity contribution in [2.45, 2.75) is 6.54 Å². The Morgan fingerprint density at radius 1 is 1.50 bits per heavy atom. The first-order valence-corrected chi connectivity index (χ1v) is 3.28. The van der Waals surface area contributed by atoms with E-state index in [1.54, 1.807) is 12.1 Å². The Bertz CT molecular complexity index is 253. The van der Waals surface area contributed by atoms with E-state index < -0.39 is 0 Å². The van der Waals surface area contributed by atoms with Gasteiger partial charge in [-0.05, 0) is 12.1 Å². The Balaban J connectivity index is 0.00000121. The van der Waals surface area contributed by atoms with Gasteiger partial charge in [0, 0.05) is 0 Å². The number of ether oxygens (including phenoxy) is 1. The zero-order valence-corrected chi connectivity index (χ0v) is 9.29. The summed E-state index contributed by atoms with van der Waals surface area (Å²) in [5, 5.41) is 9.14. The minimum atomic E-state index is 0. The summed E-state index contributed by atoms with van der Waals surface area (Å²) in [5.41, 5.74) is 7.88. The van der Waals surface area contributed by atoms with Crippen LogP contribution in [0.2, 0.25) is 0 Å². The van der Waals surface area contributed by atoms with Crippen LogP contribution >= 0.6 is 0 Å². The topological polar surface area (TPSA) is 53.3 Å². The van der Waals surface area contributed by atoms with Gasteiger partial charge in [-0.25, -0.2) is 0 Å². The molecular weight excluding hydrogens is 165 g/mol. The Labute approximate surface area is 93.8 Å². The second kappa shape index (κ2) is 5.43. The van der Waals surface area contributed by atoms with Gasteiger partial charge < -0.3 is 15.6 Å². The number of methoxy groups -OCH3 is 1. The summed E-state index contributed by atoms with van der Waals surface area (Å²) in [6.45, 7) is 0.205. The monoisotopic (exact) mass is 175 g/mol. The summed E-state index contributed by atoms with van der Waals surface area (Å²) in [5.74, 6) is 0.541. The van der Waals surface area contributed by atoms with Crippen LogP contribution < -0.4 is 34.3 Å². The van der Waals surface area contributed by atoms with Crippen LogP contribution in [0.25, 0.3) is 5.73 Å². The van der Waals surface area contributed by atoms with Crippen LogP contribution in [-0.2, 0) is 6.54 Å². The Morgan fingerprint density at radius 2 is 2.17 bits per heavy atom. The number of nitrogens with one attached hydrogen (secondary N) is 1. The van der Waals surface area contributed by atoms with Crippen molar-refractivity contribution >= 4 is 0 Å². The van der Waals surface area contributed by atoms with Crippen LogP contribution in [0.4, 0.5) is 0 Å². The zero-order valence-electron chi connectivity index (χ0n) is 7.29. The minimum absolute atomic E-state index is 0. The van der Waals surface area contributed by atoms with Gasteiger partial charge in [0.1, 0.15) is 0 Å². The molecule has 0 saturated heterocycles. The number of hydrogen-bond acceptors (Lipinski definition) is 2. The largest absolute Gasteiger partial charge is 1.00 e. The van der Waals surface area contributed by atoms with Crippen LogP contribution in [0.3, 0.4) is 0 Å². The van der Waals surface area contributed by atoms with Gasteiger partial charge in [-0.1, -0.05) is 11.6 Å². The van der Waals surface area contributed by atoms with Crippen molar-refractivity contribution in [3.63, 3.8) is 0 Å². The summed E-state index contributed by atoms with van der Waals surface area (Å²) in [6.07, 6.45) is 0. The van der Waals surface area contributed by atoms with Crippen LogP contribution in [0.1, 0.15) is 5.56 Å². The van der Waals surface area contributed by atoms with Gasteiger partial charge in [-0.2, -0.15) is 0 Å². The van der Waals surface area contributed by atoms with Crippen molar-refractivity contribution < 1.29 is 39.4 Å². The van der Waals surface area contributed by atoms with E-state index in [-0.39, 0.29) is 41.9 Å². The van der Waals surface area contributed by atoms with Gasteiger partial charge in [0.15, 0.2) is 11.5 Å². The Kier molecular flexibility index (Phi) is 5.33. The fourth-order valence-electron chi connectivity index (χ4n) is 0.832. The summed E-state index contributed by atoms with van der Waals surface area (Å²) < 4.78 is 4.85. The van der Waals surface area contributed by atoms with Crippen molar-refractivity contribution in [1.82, 2.24) is 0 Å². The molecule has 2 N–H and O–H groups in total. The van der Waals surface area contributed by atoms with Gasteiger partial charge >= 0.3 is 29.6 Å². The normalized spacial score (nSPS) is 8.83. The smallest absolute Gasteiger partial charge is 0.674 e. The molecule has 0 heterocycles. The average molecular weight is 175 g/mol.